The molecule has 1 aliphatic heterocycles. The van der Waals surface area contributed by atoms with E-state index in [4.69, 9.17) is 0 Å². The second-order valence-electron chi connectivity index (χ2n) is 6.71. The van der Waals surface area contributed by atoms with Crippen molar-refractivity contribution in [2.75, 3.05) is 53.9 Å². The van der Waals surface area contributed by atoms with Gasteiger partial charge in [0.05, 0.1) is 6.04 Å². The van der Waals surface area contributed by atoms with Crippen molar-refractivity contribution in [3.8, 4) is 0 Å². The number of benzene rings is 1. The van der Waals surface area contributed by atoms with Crippen LogP contribution in [0.5, 0.6) is 0 Å². The summed E-state index contributed by atoms with van der Waals surface area (Å²) in [6.07, 6.45) is 3.73. The molecule has 1 saturated heterocycles. The first-order valence-electron chi connectivity index (χ1n) is 9.09. The zero-order valence-corrected chi connectivity index (χ0v) is 15.5. The van der Waals surface area contributed by atoms with Crippen LogP contribution in [-0.2, 0) is 0 Å². The normalized spacial score (nSPS) is 17.2. The number of likely N-dealkylation sites (tertiary alicyclic amines) is 1. The molecule has 1 unspecified atom stereocenters. The Hall–Kier alpha value is -1.59. The van der Waals surface area contributed by atoms with E-state index >= 15 is 0 Å². The van der Waals surface area contributed by atoms with Gasteiger partial charge in [-0.3, -0.25) is 9.89 Å². The van der Waals surface area contributed by atoms with Crippen molar-refractivity contribution in [3.05, 3.63) is 35.9 Å². The Morgan fingerprint density at radius 1 is 1.17 bits per heavy atom. The van der Waals surface area contributed by atoms with Gasteiger partial charge in [0, 0.05) is 20.1 Å². The molecule has 5 heteroatoms. The lowest BCUT2D eigenvalue weighted by Crippen LogP contribution is -2.43. The summed E-state index contributed by atoms with van der Waals surface area (Å²) in [5, 5.41) is 6.93. The molecule has 0 radical (unpaired) electrons. The first kappa shape index (κ1) is 18.7. The van der Waals surface area contributed by atoms with E-state index < -0.39 is 0 Å². The molecule has 134 valence electrons. The van der Waals surface area contributed by atoms with Gasteiger partial charge in [-0.1, -0.05) is 30.3 Å². The largest absolute Gasteiger partial charge is 0.356 e. The minimum atomic E-state index is 0.411. The molecule has 2 rings (SSSR count). The van der Waals surface area contributed by atoms with Gasteiger partial charge in [-0.05, 0) is 58.6 Å². The van der Waals surface area contributed by atoms with Crippen molar-refractivity contribution in [2.45, 2.75) is 25.3 Å². The summed E-state index contributed by atoms with van der Waals surface area (Å²) in [5.41, 5.74) is 1.38. The summed E-state index contributed by atoms with van der Waals surface area (Å²) in [6.45, 7) is 5.30. The predicted octanol–water partition coefficient (Wildman–Crippen LogP) is 1.94. The van der Waals surface area contributed by atoms with Gasteiger partial charge in [0.2, 0.25) is 0 Å². The van der Waals surface area contributed by atoms with Crippen LogP contribution in [0, 0.1) is 0 Å². The van der Waals surface area contributed by atoms with Crippen molar-refractivity contribution < 1.29 is 0 Å². The molecule has 0 bridgehead atoms. The maximum atomic E-state index is 4.36. The number of guanidine groups is 1. The fraction of sp³-hybridized carbons (Fsp3) is 0.632. The fourth-order valence-corrected chi connectivity index (χ4v) is 3.20. The van der Waals surface area contributed by atoms with E-state index in [-0.39, 0.29) is 0 Å². The van der Waals surface area contributed by atoms with Crippen LogP contribution >= 0.6 is 0 Å². The second kappa shape index (κ2) is 10.3. The van der Waals surface area contributed by atoms with Crippen LogP contribution in [0.4, 0.5) is 0 Å². The van der Waals surface area contributed by atoms with Gasteiger partial charge in [0.25, 0.3) is 0 Å². The Morgan fingerprint density at radius 3 is 2.50 bits per heavy atom. The van der Waals surface area contributed by atoms with Crippen LogP contribution in [0.15, 0.2) is 35.3 Å². The SMILES string of the molecule is CN=C(NCCCN(C)C)NCC(c1ccccc1)N1CCCC1. The summed E-state index contributed by atoms with van der Waals surface area (Å²) in [7, 11) is 6.05. The minimum Gasteiger partial charge on any atom is -0.356 e. The highest BCUT2D eigenvalue weighted by molar-refractivity contribution is 5.79. The van der Waals surface area contributed by atoms with Gasteiger partial charge >= 0.3 is 0 Å². The van der Waals surface area contributed by atoms with Gasteiger partial charge in [0.1, 0.15) is 0 Å². The van der Waals surface area contributed by atoms with Gasteiger partial charge in [-0.2, -0.15) is 0 Å². The average molecular weight is 332 g/mol. The molecule has 1 heterocycles. The van der Waals surface area contributed by atoms with Crippen molar-refractivity contribution in [3.63, 3.8) is 0 Å². The van der Waals surface area contributed by atoms with Crippen LogP contribution in [0.2, 0.25) is 0 Å². The lowest BCUT2D eigenvalue weighted by Gasteiger charge is -2.29. The lowest BCUT2D eigenvalue weighted by atomic mass is 10.1. The van der Waals surface area contributed by atoms with Gasteiger partial charge in [-0.15, -0.1) is 0 Å². The molecule has 1 atom stereocenters. The molecule has 24 heavy (non-hydrogen) atoms. The molecule has 1 aromatic carbocycles. The second-order valence-corrected chi connectivity index (χ2v) is 6.71. The number of hydrogen-bond acceptors (Lipinski definition) is 3. The highest BCUT2D eigenvalue weighted by Crippen LogP contribution is 2.24. The molecule has 1 fully saturated rings. The van der Waals surface area contributed by atoms with Crippen LogP contribution in [0.1, 0.15) is 30.9 Å². The maximum absolute atomic E-state index is 4.36. The Morgan fingerprint density at radius 2 is 1.88 bits per heavy atom. The first-order valence-corrected chi connectivity index (χ1v) is 9.09. The monoisotopic (exact) mass is 331 g/mol. The van der Waals surface area contributed by atoms with Crippen molar-refractivity contribution >= 4 is 5.96 Å². The highest BCUT2D eigenvalue weighted by atomic mass is 15.2. The Kier molecular flexibility index (Phi) is 8.05. The fourth-order valence-electron chi connectivity index (χ4n) is 3.20. The van der Waals surface area contributed by atoms with Crippen LogP contribution in [-0.4, -0.2) is 69.6 Å². The third-order valence-electron chi connectivity index (χ3n) is 4.53. The first-order chi connectivity index (χ1) is 11.7. The van der Waals surface area contributed by atoms with E-state index in [0.29, 0.717) is 6.04 Å². The molecule has 5 nitrogen and oxygen atoms in total. The van der Waals surface area contributed by atoms with Gasteiger partial charge in [0.15, 0.2) is 5.96 Å². The van der Waals surface area contributed by atoms with Crippen LogP contribution in [0.25, 0.3) is 0 Å². The molecule has 0 spiro atoms. The van der Waals surface area contributed by atoms with E-state index in [2.05, 4.69) is 69.9 Å². The summed E-state index contributed by atoms with van der Waals surface area (Å²) in [4.78, 5) is 9.15. The summed E-state index contributed by atoms with van der Waals surface area (Å²) in [6, 6.07) is 11.2. The third-order valence-corrected chi connectivity index (χ3v) is 4.53. The zero-order chi connectivity index (χ0) is 17.2. The highest BCUT2D eigenvalue weighted by Gasteiger charge is 2.23. The van der Waals surface area contributed by atoms with Crippen molar-refractivity contribution in [1.29, 1.82) is 0 Å². The molecule has 1 aliphatic rings. The molecule has 0 aromatic heterocycles. The minimum absolute atomic E-state index is 0.411. The Balaban J connectivity index is 1.87. The molecular formula is C19H33N5. The summed E-state index contributed by atoms with van der Waals surface area (Å²) >= 11 is 0. The number of nitrogens with zero attached hydrogens (tertiary/aromatic N) is 3. The smallest absolute Gasteiger partial charge is 0.191 e. The predicted molar refractivity (Wildman–Crippen MR) is 103 cm³/mol. The van der Waals surface area contributed by atoms with E-state index in [9.17, 15) is 0 Å². The van der Waals surface area contributed by atoms with E-state index in [1.54, 1.807) is 0 Å². The summed E-state index contributed by atoms with van der Waals surface area (Å²) < 4.78 is 0. The molecule has 0 saturated carbocycles. The third kappa shape index (κ3) is 6.13. The standard InChI is InChI=1S/C19H33N5/c1-20-19(21-12-9-13-23(2)3)22-16-18(24-14-7-8-15-24)17-10-5-4-6-11-17/h4-6,10-11,18H,7-9,12-16H2,1-3H3,(H2,20,21,22). The summed E-state index contributed by atoms with van der Waals surface area (Å²) in [5.74, 6) is 0.897. The zero-order valence-electron chi connectivity index (χ0n) is 15.5. The van der Waals surface area contributed by atoms with Gasteiger partial charge in [-0.25, -0.2) is 0 Å². The van der Waals surface area contributed by atoms with E-state index in [0.717, 1.165) is 32.0 Å². The molecular weight excluding hydrogens is 298 g/mol. The number of aliphatic imine (C=N–C) groups is 1. The maximum Gasteiger partial charge on any atom is 0.191 e. The average Bonchev–Trinajstić information content (AvgIpc) is 3.12. The molecule has 1 aromatic rings. The number of rotatable bonds is 8. The lowest BCUT2D eigenvalue weighted by molar-refractivity contribution is 0.245. The van der Waals surface area contributed by atoms with E-state index in [1.807, 2.05) is 7.05 Å². The van der Waals surface area contributed by atoms with Gasteiger partial charge < -0.3 is 15.5 Å². The molecule has 0 aliphatic carbocycles. The molecule has 0 amide bonds. The number of nitrogens with one attached hydrogen (secondary N) is 2. The molecule has 2 N–H and O–H groups in total. The number of hydrogen-bond donors (Lipinski definition) is 2. The van der Waals surface area contributed by atoms with Crippen molar-refractivity contribution in [1.82, 2.24) is 20.4 Å². The van der Waals surface area contributed by atoms with Crippen LogP contribution < -0.4 is 10.6 Å². The van der Waals surface area contributed by atoms with E-state index in [1.165, 1.54) is 31.5 Å². The Bertz CT molecular complexity index is 480. The van der Waals surface area contributed by atoms with Crippen molar-refractivity contribution in [2.24, 2.45) is 4.99 Å². The quantitative estimate of drug-likeness (QED) is 0.434. The topological polar surface area (TPSA) is 42.9 Å². The Labute approximate surface area is 147 Å². The van der Waals surface area contributed by atoms with Crippen LogP contribution in [0.3, 0.4) is 0 Å².